The van der Waals surface area contributed by atoms with E-state index in [0.29, 0.717) is 0 Å². The molecule has 19 heavy (non-hydrogen) atoms. The van der Waals surface area contributed by atoms with Crippen molar-refractivity contribution in [3.8, 4) is 0 Å². The summed E-state index contributed by atoms with van der Waals surface area (Å²) < 4.78 is 26.2. The van der Waals surface area contributed by atoms with Crippen molar-refractivity contribution >= 4 is 17.7 Å². The normalized spacial score (nSPS) is 10.1. The van der Waals surface area contributed by atoms with Crippen molar-refractivity contribution in [3.05, 3.63) is 29.8 Å². The number of hydrogen-bond donors (Lipinski definition) is 2. The highest BCUT2D eigenvalue weighted by molar-refractivity contribution is 5.89. The average molecular weight is 272 g/mol. The maximum atomic E-state index is 13.3. The largest absolute Gasteiger partial charge is 0.481 e. The monoisotopic (exact) mass is 272 g/mol. The van der Waals surface area contributed by atoms with Crippen LogP contribution >= 0.6 is 0 Å². The molecule has 1 aromatic rings. The van der Waals surface area contributed by atoms with Gasteiger partial charge in [-0.3, -0.25) is 4.79 Å². The molecule has 1 aromatic carbocycles. The zero-order valence-corrected chi connectivity index (χ0v) is 10.3. The van der Waals surface area contributed by atoms with E-state index in [1.54, 1.807) is 6.92 Å². The Kier molecular flexibility index (Phi) is 5.23. The molecule has 0 unspecified atom stereocenters. The zero-order valence-electron chi connectivity index (χ0n) is 10.3. The third kappa shape index (κ3) is 4.53. The van der Waals surface area contributed by atoms with Gasteiger partial charge in [-0.15, -0.1) is 0 Å². The molecule has 0 saturated carbocycles. The predicted octanol–water partition coefficient (Wildman–Crippen LogP) is 2.29. The van der Waals surface area contributed by atoms with Crippen LogP contribution in [0.2, 0.25) is 0 Å². The quantitative estimate of drug-likeness (QED) is 0.864. The summed E-state index contributed by atoms with van der Waals surface area (Å²) in [5.41, 5.74) is -0.279. The van der Waals surface area contributed by atoms with Crippen molar-refractivity contribution in [1.29, 1.82) is 0 Å². The molecule has 0 aliphatic rings. The third-order valence-corrected chi connectivity index (χ3v) is 2.43. The molecule has 2 amide bonds. The molecule has 0 bridgehead atoms. The average Bonchev–Trinajstić information content (AvgIpc) is 2.34. The smallest absolute Gasteiger partial charge is 0.321 e. The van der Waals surface area contributed by atoms with Crippen LogP contribution in [0.3, 0.4) is 0 Å². The lowest BCUT2D eigenvalue weighted by atomic mass is 10.3. The van der Waals surface area contributed by atoms with Crippen molar-refractivity contribution in [3.63, 3.8) is 0 Å². The first kappa shape index (κ1) is 14.9. The van der Waals surface area contributed by atoms with Crippen molar-refractivity contribution in [2.75, 3.05) is 18.4 Å². The summed E-state index contributed by atoms with van der Waals surface area (Å²) in [5, 5.41) is 10.7. The number of carboxylic acid groups (broad SMARTS) is 1. The van der Waals surface area contributed by atoms with E-state index in [0.717, 1.165) is 18.2 Å². The molecule has 0 aliphatic heterocycles. The van der Waals surface area contributed by atoms with Crippen molar-refractivity contribution in [1.82, 2.24) is 4.90 Å². The number of amides is 2. The summed E-state index contributed by atoms with van der Waals surface area (Å²) in [6.45, 7) is 1.91. The molecule has 0 aromatic heterocycles. The van der Waals surface area contributed by atoms with Gasteiger partial charge in [0, 0.05) is 19.2 Å². The molecule has 0 radical (unpaired) electrons. The van der Waals surface area contributed by atoms with Gasteiger partial charge in [0.05, 0.1) is 12.1 Å². The van der Waals surface area contributed by atoms with Crippen LogP contribution in [0.15, 0.2) is 18.2 Å². The fourth-order valence-electron chi connectivity index (χ4n) is 1.42. The number of aliphatic carboxylic acids is 1. The highest BCUT2D eigenvalue weighted by atomic mass is 19.1. The number of halogens is 2. The fraction of sp³-hybridized carbons (Fsp3) is 0.333. The second kappa shape index (κ2) is 6.67. The van der Waals surface area contributed by atoms with Crippen LogP contribution in [0.5, 0.6) is 0 Å². The van der Waals surface area contributed by atoms with Gasteiger partial charge in [-0.05, 0) is 19.1 Å². The number of urea groups is 1. The molecule has 0 heterocycles. The number of anilines is 1. The first-order chi connectivity index (χ1) is 8.93. The van der Waals surface area contributed by atoms with Crippen LogP contribution in [0.4, 0.5) is 19.3 Å². The van der Waals surface area contributed by atoms with Crippen LogP contribution in [-0.2, 0) is 4.79 Å². The molecule has 0 fully saturated rings. The molecule has 7 heteroatoms. The molecule has 0 aliphatic carbocycles. The van der Waals surface area contributed by atoms with E-state index in [2.05, 4.69) is 5.32 Å². The number of rotatable bonds is 5. The summed E-state index contributed by atoms with van der Waals surface area (Å²) in [6, 6.07) is 2.03. The Morgan fingerprint density at radius 3 is 2.63 bits per heavy atom. The van der Waals surface area contributed by atoms with Gasteiger partial charge in [0.15, 0.2) is 0 Å². The molecule has 0 atom stereocenters. The van der Waals surface area contributed by atoms with Crippen molar-refractivity contribution in [2.45, 2.75) is 13.3 Å². The highest BCUT2D eigenvalue weighted by Crippen LogP contribution is 2.15. The van der Waals surface area contributed by atoms with Gasteiger partial charge in [-0.1, -0.05) is 0 Å². The highest BCUT2D eigenvalue weighted by Gasteiger charge is 2.15. The van der Waals surface area contributed by atoms with Crippen molar-refractivity contribution in [2.24, 2.45) is 0 Å². The second-order valence-corrected chi connectivity index (χ2v) is 3.78. The van der Waals surface area contributed by atoms with Gasteiger partial charge >= 0.3 is 12.0 Å². The lowest BCUT2D eigenvalue weighted by Crippen LogP contribution is -2.36. The molecule has 104 valence electrons. The van der Waals surface area contributed by atoms with E-state index in [-0.39, 0.29) is 25.2 Å². The lowest BCUT2D eigenvalue weighted by molar-refractivity contribution is -0.137. The topological polar surface area (TPSA) is 69.6 Å². The van der Waals surface area contributed by atoms with Crippen LogP contribution in [0, 0.1) is 11.6 Å². The number of nitrogens with zero attached hydrogens (tertiary/aromatic N) is 1. The summed E-state index contributed by atoms with van der Waals surface area (Å²) in [5.74, 6) is -2.47. The van der Waals surface area contributed by atoms with Gasteiger partial charge < -0.3 is 15.3 Å². The summed E-state index contributed by atoms with van der Waals surface area (Å²) in [7, 11) is 0. The number of nitrogens with one attached hydrogen (secondary N) is 1. The summed E-state index contributed by atoms with van der Waals surface area (Å²) >= 11 is 0. The minimum Gasteiger partial charge on any atom is -0.481 e. The van der Waals surface area contributed by atoms with Gasteiger partial charge in [0.25, 0.3) is 0 Å². The van der Waals surface area contributed by atoms with E-state index in [4.69, 9.17) is 5.11 Å². The number of benzene rings is 1. The predicted molar refractivity (Wildman–Crippen MR) is 64.9 cm³/mol. The standard InChI is InChI=1S/C12H14F2N2O3/c1-2-16(6-5-11(17)18)12(19)15-10-7-8(13)3-4-9(10)14/h3-4,7H,2,5-6H2,1H3,(H,15,19)(H,17,18). The van der Waals surface area contributed by atoms with E-state index in [9.17, 15) is 18.4 Å². The van der Waals surface area contributed by atoms with Crippen LogP contribution < -0.4 is 5.32 Å². The number of hydrogen-bond acceptors (Lipinski definition) is 2. The number of carboxylic acids is 1. The van der Waals surface area contributed by atoms with Crippen LogP contribution in [-0.4, -0.2) is 35.1 Å². The maximum Gasteiger partial charge on any atom is 0.321 e. The third-order valence-electron chi connectivity index (χ3n) is 2.43. The molecule has 0 saturated heterocycles. The molecule has 5 nitrogen and oxygen atoms in total. The maximum absolute atomic E-state index is 13.3. The minimum absolute atomic E-state index is 0.00536. The number of carbonyl (C=O) groups is 2. The van der Waals surface area contributed by atoms with Gasteiger partial charge in [0.1, 0.15) is 11.6 Å². The molecule has 0 spiro atoms. The van der Waals surface area contributed by atoms with E-state index >= 15 is 0 Å². The van der Waals surface area contributed by atoms with E-state index < -0.39 is 23.6 Å². The van der Waals surface area contributed by atoms with Gasteiger partial charge in [-0.2, -0.15) is 0 Å². The lowest BCUT2D eigenvalue weighted by Gasteiger charge is -2.20. The Bertz CT molecular complexity index is 480. The first-order valence-electron chi connectivity index (χ1n) is 5.66. The molecule has 2 N–H and O–H groups in total. The van der Waals surface area contributed by atoms with Crippen LogP contribution in [0.25, 0.3) is 0 Å². The Morgan fingerprint density at radius 2 is 2.05 bits per heavy atom. The number of carbonyl (C=O) groups excluding carboxylic acids is 1. The van der Waals surface area contributed by atoms with E-state index in [1.165, 1.54) is 4.90 Å². The second-order valence-electron chi connectivity index (χ2n) is 3.78. The SMILES string of the molecule is CCN(CCC(=O)O)C(=O)Nc1cc(F)ccc1F. The zero-order chi connectivity index (χ0) is 14.4. The van der Waals surface area contributed by atoms with Crippen LogP contribution in [0.1, 0.15) is 13.3 Å². The van der Waals surface area contributed by atoms with Gasteiger partial charge in [0.2, 0.25) is 0 Å². The Balaban J connectivity index is 2.71. The summed E-state index contributed by atoms with van der Waals surface area (Å²) in [4.78, 5) is 23.4. The summed E-state index contributed by atoms with van der Waals surface area (Å²) in [6.07, 6.45) is -0.215. The molecular formula is C12H14F2N2O3. The molecular weight excluding hydrogens is 258 g/mol. The van der Waals surface area contributed by atoms with E-state index in [1.807, 2.05) is 0 Å². The first-order valence-corrected chi connectivity index (χ1v) is 5.66. The Labute approximate surface area is 108 Å². The van der Waals surface area contributed by atoms with Crippen molar-refractivity contribution < 1.29 is 23.5 Å². The molecule has 1 rings (SSSR count). The fourth-order valence-corrected chi connectivity index (χ4v) is 1.42. The Hall–Kier alpha value is -2.18. The Morgan fingerprint density at radius 1 is 1.37 bits per heavy atom. The minimum atomic E-state index is -1.04. The van der Waals surface area contributed by atoms with Gasteiger partial charge in [-0.25, -0.2) is 13.6 Å².